The Morgan fingerprint density at radius 1 is 1.11 bits per heavy atom. The van der Waals surface area contributed by atoms with Crippen LogP contribution in [0.25, 0.3) is 0 Å². The fraction of sp³-hybridized carbons (Fsp3) is 0.550. The summed E-state index contributed by atoms with van der Waals surface area (Å²) >= 11 is 2.71. The Balaban J connectivity index is 2.85. The fourth-order valence-corrected chi connectivity index (χ4v) is 3.87. The van der Waals surface area contributed by atoms with Gasteiger partial charge in [-0.1, -0.05) is 62.9 Å². The number of hydrogen-bond donors (Lipinski definition) is 1. The number of ether oxygens (including phenoxy) is 1. The van der Waals surface area contributed by atoms with Crippen molar-refractivity contribution in [1.29, 1.82) is 0 Å². The lowest BCUT2D eigenvalue weighted by Crippen LogP contribution is -2.47. The number of thioether (sulfide) groups is 2. The molecule has 0 aliphatic heterocycles. The van der Waals surface area contributed by atoms with Crippen LogP contribution in [0.3, 0.4) is 0 Å². The molecule has 2 atom stereocenters. The second-order valence-electron chi connectivity index (χ2n) is 7.20. The predicted octanol–water partition coefficient (Wildman–Crippen LogP) is 3.31. The summed E-state index contributed by atoms with van der Waals surface area (Å²) in [5.74, 6) is -0.306. The third-order valence-electron chi connectivity index (χ3n) is 3.67. The Hall–Kier alpha value is -1.47. The van der Waals surface area contributed by atoms with Gasteiger partial charge in [-0.05, 0) is 12.0 Å². The summed E-state index contributed by atoms with van der Waals surface area (Å²) in [6.07, 6.45) is 0.507. The summed E-state index contributed by atoms with van der Waals surface area (Å²) in [6, 6.07) is 8.93. The monoisotopic (exact) mass is 411 g/mol. The largest absolute Gasteiger partial charge is 0.467 e. The molecule has 0 saturated heterocycles. The Labute approximate surface area is 170 Å². The van der Waals surface area contributed by atoms with E-state index in [1.807, 2.05) is 30.3 Å². The predicted molar refractivity (Wildman–Crippen MR) is 113 cm³/mol. The maximum absolute atomic E-state index is 12.9. The molecule has 5 nitrogen and oxygen atoms in total. The zero-order valence-electron chi connectivity index (χ0n) is 16.6. The lowest BCUT2D eigenvalue weighted by Gasteiger charge is -2.24. The molecule has 7 heteroatoms. The molecule has 1 N–H and O–H groups in total. The van der Waals surface area contributed by atoms with Gasteiger partial charge in [0, 0.05) is 23.2 Å². The van der Waals surface area contributed by atoms with Crippen molar-refractivity contribution in [3.05, 3.63) is 35.9 Å². The van der Waals surface area contributed by atoms with Crippen LogP contribution in [0.1, 0.15) is 33.3 Å². The SMILES string of the molecule is COC(=O)[C@H](CSC(C)(C)C)NC(=O)C(CSC(C)=O)Cc1ccccc1. The number of nitrogens with one attached hydrogen (secondary N) is 1. The van der Waals surface area contributed by atoms with Crippen molar-refractivity contribution in [3.63, 3.8) is 0 Å². The van der Waals surface area contributed by atoms with Gasteiger partial charge in [0.05, 0.1) is 13.0 Å². The second kappa shape index (κ2) is 11.4. The summed E-state index contributed by atoms with van der Waals surface area (Å²) in [4.78, 5) is 36.3. The summed E-state index contributed by atoms with van der Waals surface area (Å²) < 4.78 is 4.81. The van der Waals surface area contributed by atoms with Gasteiger partial charge in [0.1, 0.15) is 6.04 Å². The molecule has 0 aliphatic rings. The topological polar surface area (TPSA) is 72.5 Å². The number of methoxy groups -OCH3 is 1. The number of esters is 1. The zero-order chi connectivity index (χ0) is 20.4. The first-order chi connectivity index (χ1) is 12.6. The number of carbonyl (C=O) groups excluding carboxylic acids is 3. The van der Waals surface area contributed by atoms with E-state index >= 15 is 0 Å². The molecule has 150 valence electrons. The van der Waals surface area contributed by atoms with Crippen LogP contribution in [0, 0.1) is 5.92 Å². The lowest BCUT2D eigenvalue weighted by molar-refractivity contribution is -0.144. The first-order valence-electron chi connectivity index (χ1n) is 8.82. The first kappa shape index (κ1) is 23.6. The molecule has 0 fully saturated rings. The van der Waals surface area contributed by atoms with Gasteiger partial charge < -0.3 is 10.1 Å². The van der Waals surface area contributed by atoms with Crippen molar-refractivity contribution in [1.82, 2.24) is 5.32 Å². The number of carbonyl (C=O) groups is 3. The van der Waals surface area contributed by atoms with Crippen LogP contribution < -0.4 is 5.32 Å². The highest BCUT2D eigenvalue weighted by Crippen LogP contribution is 2.24. The number of amides is 1. The maximum Gasteiger partial charge on any atom is 0.329 e. The lowest BCUT2D eigenvalue weighted by atomic mass is 10.00. The molecule has 1 amide bonds. The van der Waals surface area contributed by atoms with Crippen LogP contribution in [0.2, 0.25) is 0 Å². The van der Waals surface area contributed by atoms with Crippen molar-refractivity contribution < 1.29 is 19.1 Å². The van der Waals surface area contributed by atoms with E-state index in [0.29, 0.717) is 17.9 Å². The summed E-state index contributed by atoms with van der Waals surface area (Å²) in [6.45, 7) is 7.64. The maximum atomic E-state index is 12.9. The van der Waals surface area contributed by atoms with E-state index in [9.17, 15) is 14.4 Å². The molecule has 0 bridgehead atoms. The molecule has 0 spiro atoms. The van der Waals surface area contributed by atoms with Crippen molar-refractivity contribution in [2.24, 2.45) is 5.92 Å². The molecule has 0 radical (unpaired) electrons. The minimum atomic E-state index is -0.715. The van der Waals surface area contributed by atoms with Gasteiger partial charge >= 0.3 is 5.97 Å². The van der Waals surface area contributed by atoms with Gasteiger partial charge in [-0.3, -0.25) is 9.59 Å². The second-order valence-corrected chi connectivity index (χ2v) is 10.2. The minimum Gasteiger partial charge on any atom is -0.467 e. The van der Waals surface area contributed by atoms with Gasteiger partial charge in [0.2, 0.25) is 5.91 Å². The molecule has 1 rings (SSSR count). The normalized spacial score (nSPS) is 13.5. The molecule has 0 saturated carbocycles. The summed E-state index contributed by atoms with van der Waals surface area (Å²) in [5.41, 5.74) is 1.01. The van der Waals surface area contributed by atoms with Crippen LogP contribution in [-0.2, 0) is 25.5 Å². The quantitative estimate of drug-likeness (QED) is 0.629. The third kappa shape index (κ3) is 9.86. The standard InChI is InChI=1S/C20H29NO4S2/c1-14(22)26-12-16(11-15-9-7-6-8-10-15)18(23)21-17(19(24)25-5)13-27-20(2,3)4/h6-10,16-17H,11-13H2,1-5H3,(H,21,23)/t16?,17-/m0/s1. The highest BCUT2D eigenvalue weighted by atomic mass is 32.2. The fourth-order valence-electron chi connectivity index (χ4n) is 2.28. The number of benzene rings is 1. The van der Waals surface area contributed by atoms with Crippen LogP contribution in [-0.4, -0.2) is 46.4 Å². The first-order valence-corrected chi connectivity index (χ1v) is 10.8. The van der Waals surface area contributed by atoms with Gasteiger partial charge in [-0.2, -0.15) is 11.8 Å². The smallest absolute Gasteiger partial charge is 0.329 e. The van der Waals surface area contributed by atoms with Gasteiger partial charge in [-0.15, -0.1) is 0 Å². The van der Waals surface area contributed by atoms with Gasteiger partial charge in [0.25, 0.3) is 0 Å². The average Bonchev–Trinajstić information content (AvgIpc) is 2.61. The van der Waals surface area contributed by atoms with E-state index in [4.69, 9.17) is 4.74 Å². The minimum absolute atomic E-state index is 0.0336. The average molecular weight is 412 g/mol. The van der Waals surface area contributed by atoms with Crippen molar-refractivity contribution in [2.75, 3.05) is 18.6 Å². The zero-order valence-corrected chi connectivity index (χ0v) is 18.2. The molecule has 0 aliphatic carbocycles. The van der Waals surface area contributed by atoms with Gasteiger partial charge in [0.15, 0.2) is 5.12 Å². The Kier molecular flexibility index (Phi) is 9.94. The Morgan fingerprint density at radius 3 is 2.26 bits per heavy atom. The highest BCUT2D eigenvalue weighted by Gasteiger charge is 2.28. The van der Waals surface area contributed by atoms with Crippen molar-refractivity contribution in [3.8, 4) is 0 Å². The number of rotatable bonds is 9. The summed E-state index contributed by atoms with van der Waals surface area (Å²) in [5, 5.41) is 2.79. The molecule has 1 unspecified atom stereocenters. The molecule has 1 aromatic rings. The van der Waals surface area contributed by atoms with E-state index in [1.165, 1.54) is 14.0 Å². The van der Waals surface area contributed by atoms with Crippen LogP contribution in [0.4, 0.5) is 0 Å². The van der Waals surface area contributed by atoms with Crippen molar-refractivity contribution >= 4 is 40.5 Å². The summed E-state index contributed by atoms with van der Waals surface area (Å²) in [7, 11) is 1.32. The number of hydrogen-bond acceptors (Lipinski definition) is 6. The molecular weight excluding hydrogens is 382 g/mol. The van der Waals surface area contributed by atoms with Crippen LogP contribution in [0.5, 0.6) is 0 Å². The van der Waals surface area contributed by atoms with E-state index in [2.05, 4.69) is 26.1 Å². The van der Waals surface area contributed by atoms with E-state index in [1.54, 1.807) is 11.8 Å². The highest BCUT2D eigenvalue weighted by molar-refractivity contribution is 8.13. The molecule has 1 aromatic carbocycles. The van der Waals surface area contributed by atoms with Crippen LogP contribution >= 0.6 is 23.5 Å². The van der Waals surface area contributed by atoms with Gasteiger partial charge in [-0.25, -0.2) is 4.79 Å². The van der Waals surface area contributed by atoms with E-state index < -0.39 is 17.9 Å². The Bertz CT molecular complexity index is 629. The Morgan fingerprint density at radius 2 is 1.74 bits per heavy atom. The van der Waals surface area contributed by atoms with E-state index in [-0.39, 0.29) is 15.8 Å². The third-order valence-corrected chi connectivity index (χ3v) is 6.01. The van der Waals surface area contributed by atoms with E-state index in [0.717, 1.165) is 17.3 Å². The molecule has 0 aromatic heterocycles. The van der Waals surface area contributed by atoms with Crippen LogP contribution in [0.15, 0.2) is 30.3 Å². The molecular formula is C20H29NO4S2. The van der Waals surface area contributed by atoms with Crippen molar-refractivity contribution in [2.45, 2.75) is 44.9 Å². The molecule has 0 heterocycles. The molecule has 27 heavy (non-hydrogen) atoms.